The van der Waals surface area contributed by atoms with Crippen molar-refractivity contribution in [3.05, 3.63) is 70.1 Å². The highest BCUT2D eigenvalue weighted by Crippen LogP contribution is 2.35. The average molecular weight is 367 g/mol. The number of amides is 2. The monoisotopic (exact) mass is 367 g/mol. The van der Waals surface area contributed by atoms with E-state index in [-0.39, 0.29) is 23.4 Å². The van der Waals surface area contributed by atoms with Crippen LogP contribution in [-0.4, -0.2) is 39.7 Å². The number of carboxylic acid groups (broad SMARTS) is 1. The van der Waals surface area contributed by atoms with Gasteiger partial charge in [-0.25, -0.2) is 9.59 Å². The molecule has 140 valence electrons. The maximum atomic E-state index is 12.8. The van der Waals surface area contributed by atoms with Crippen LogP contribution in [0.4, 0.5) is 4.79 Å². The van der Waals surface area contributed by atoms with Gasteiger partial charge in [-0.2, -0.15) is 0 Å². The van der Waals surface area contributed by atoms with E-state index in [1.165, 1.54) is 0 Å². The number of hydrogen-bond acceptors (Lipinski definition) is 3. The molecule has 1 aromatic carbocycles. The zero-order valence-corrected chi connectivity index (χ0v) is 14.7. The first kappa shape index (κ1) is 17.3. The second-order valence-corrected chi connectivity index (χ2v) is 7.23. The highest BCUT2D eigenvalue weighted by molar-refractivity contribution is 5.83. The number of piperidine rings is 1. The number of urea groups is 1. The number of hydrogen-bond donors (Lipinski definition) is 2. The summed E-state index contributed by atoms with van der Waals surface area (Å²) < 4.78 is 1.80. The van der Waals surface area contributed by atoms with Gasteiger partial charge in [-0.3, -0.25) is 4.79 Å². The van der Waals surface area contributed by atoms with E-state index in [2.05, 4.69) is 5.32 Å². The number of carboxylic acids is 1. The number of carbonyl (C=O) groups is 2. The van der Waals surface area contributed by atoms with Gasteiger partial charge in [0.05, 0.1) is 0 Å². The van der Waals surface area contributed by atoms with Gasteiger partial charge in [0.15, 0.2) is 6.04 Å². The number of aliphatic carboxylic acids is 1. The van der Waals surface area contributed by atoms with E-state index < -0.39 is 12.0 Å². The fraction of sp³-hybridized carbons (Fsp3) is 0.350. The molecule has 0 saturated carbocycles. The molecule has 7 nitrogen and oxygen atoms in total. The molecule has 2 amide bonds. The summed E-state index contributed by atoms with van der Waals surface area (Å²) in [5.74, 6) is -0.803. The summed E-state index contributed by atoms with van der Waals surface area (Å²) in [6, 6.07) is 12.5. The first-order chi connectivity index (χ1) is 13.0. The van der Waals surface area contributed by atoms with Crippen LogP contribution in [-0.2, 0) is 11.3 Å². The van der Waals surface area contributed by atoms with Crippen molar-refractivity contribution in [1.82, 2.24) is 14.8 Å². The molecule has 0 radical (unpaired) electrons. The smallest absolute Gasteiger partial charge is 0.330 e. The van der Waals surface area contributed by atoms with Crippen LogP contribution in [0.5, 0.6) is 0 Å². The largest absolute Gasteiger partial charge is 0.479 e. The SMILES string of the molecule is O=C(O)[C@H](NC(=O)N1CC2CC(C1)c1cccc(=O)n1C2)c1ccccc1. The second-order valence-electron chi connectivity index (χ2n) is 7.23. The summed E-state index contributed by atoms with van der Waals surface area (Å²) in [6.07, 6.45) is 0.939. The fourth-order valence-electron chi connectivity index (χ4n) is 4.21. The normalized spacial score (nSPS) is 21.9. The number of aromatic nitrogens is 1. The third-order valence-corrected chi connectivity index (χ3v) is 5.41. The minimum absolute atomic E-state index is 0.00452. The Bertz CT molecular complexity index is 924. The number of nitrogens with zero attached hydrogens (tertiary/aromatic N) is 2. The Balaban J connectivity index is 1.52. The number of fused-ring (bicyclic) bond motifs is 4. The molecule has 2 aliphatic rings. The van der Waals surface area contributed by atoms with Gasteiger partial charge in [0.25, 0.3) is 5.56 Å². The van der Waals surface area contributed by atoms with Crippen LogP contribution in [0, 0.1) is 5.92 Å². The molecule has 1 aromatic heterocycles. The minimum Gasteiger partial charge on any atom is -0.479 e. The van der Waals surface area contributed by atoms with Crippen LogP contribution in [0.15, 0.2) is 53.3 Å². The Morgan fingerprint density at radius 3 is 2.56 bits per heavy atom. The van der Waals surface area contributed by atoms with Gasteiger partial charge in [0.1, 0.15) is 0 Å². The average Bonchev–Trinajstić information content (AvgIpc) is 2.67. The van der Waals surface area contributed by atoms with Crippen molar-refractivity contribution < 1.29 is 14.7 Å². The number of rotatable bonds is 3. The zero-order valence-electron chi connectivity index (χ0n) is 14.7. The van der Waals surface area contributed by atoms with E-state index in [4.69, 9.17) is 0 Å². The number of likely N-dealkylation sites (tertiary alicyclic amines) is 1. The minimum atomic E-state index is -1.09. The number of benzene rings is 1. The molecule has 3 atom stereocenters. The van der Waals surface area contributed by atoms with Crippen molar-refractivity contribution in [2.45, 2.75) is 24.9 Å². The Kier molecular flexibility index (Phi) is 4.43. The molecule has 2 aromatic rings. The Morgan fingerprint density at radius 1 is 1.04 bits per heavy atom. The van der Waals surface area contributed by atoms with Gasteiger partial charge < -0.3 is 19.9 Å². The molecule has 0 spiro atoms. The van der Waals surface area contributed by atoms with Crippen LogP contribution in [0.25, 0.3) is 0 Å². The molecule has 2 unspecified atom stereocenters. The molecule has 4 rings (SSSR count). The van der Waals surface area contributed by atoms with Crippen LogP contribution in [0.2, 0.25) is 0 Å². The fourth-order valence-corrected chi connectivity index (χ4v) is 4.21. The van der Waals surface area contributed by atoms with Crippen molar-refractivity contribution in [3.63, 3.8) is 0 Å². The summed E-state index contributed by atoms with van der Waals surface area (Å²) in [6.45, 7) is 1.59. The van der Waals surface area contributed by atoms with E-state index >= 15 is 0 Å². The summed E-state index contributed by atoms with van der Waals surface area (Å²) >= 11 is 0. The van der Waals surface area contributed by atoms with Crippen molar-refractivity contribution in [1.29, 1.82) is 0 Å². The molecule has 3 heterocycles. The third kappa shape index (κ3) is 3.32. The van der Waals surface area contributed by atoms with Crippen LogP contribution < -0.4 is 10.9 Å². The lowest BCUT2D eigenvalue weighted by Gasteiger charge is -2.42. The maximum absolute atomic E-state index is 12.8. The lowest BCUT2D eigenvalue weighted by atomic mass is 9.83. The van der Waals surface area contributed by atoms with Gasteiger partial charge >= 0.3 is 12.0 Å². The topological polar surface area (TPSA) is 91.6 Å². The highest BCUT2D eigenvalue weighted by Gasteiger charge is 2.37. The Labute approximate surface area is 156 Å². The van der Waals surface area contributed by atoms with Crippen molar-refractivity contribution in [2.24, 2.45) is 5.92 Å². The summed E-state index contributed by atoms with van der Waals surface area (Å²) in [5.41, 5.74) is 1.48. The van der Waals surface area contributed by atoms with Crippen molar-refractivity contribution in [3.8, 4) is 0 Å². The Morgan fingerprint density at radius 2 is 1.81 bits per heavy atom. The summed E-state index contributed by atoms with van der Waals surface area (Å²) in [5, 5.41) is 12.2. The molecule has 0 aliphatic carbocycles. The third-order valence-electron chi connectivity index (χ3n) is 5.41. The summed E-state index contributed by atoms with van der Waals surface area (Å²) in [7, 11) is 0. The van der Waals surface area contributed by atoms with Gasteiger partial charge in [-0.05, 0) is 24.0 Å². The lowest BCUT2D eigenvalue weighted by Crippen LogP contribution is -2.52. The molecular weight excluding hydrogens is 346 g/mol. The first-order valence-electron chi connectivity index (χ1n) is 9.06. The molecule has 1 saturated heterocycles. The molecule has 27 heavy (non-hydrogen) atoms. The van der Waals surface area contributed by atoms with E-state index in [1.54, 1.807) is 51.9 Å². The van der Waals surface area contributed by atoms with Crippen molar-refractivity contribution in [2.75, 3.05) is 13.1 Å². The highest BCUT2D eigenvalue weighted by atomic mass is 16.4. The molecular formula is C20H21N3O4. The maximum Gasteiger partial charge on any atom is 0.330 e. The van der Waals surface area contributed by atoms with E-state index in [9.17, 15) is 19.5 Å². The van der Waals surface area contributed by atoms with Crippen LogP contribution >= 0.6 is 0 Å². The van der Waals surface area contributed by atoms with Gasteiger partial charge in [0.2, 0.25) is 0 Å². The lowest BCUT2D eigenvalue weighted by molar-refractivity contribution is -0.139. The molecule has 7 heteroatoms. The van der Waals surface area contributed by atoms with E-state index in [0.717, 1.165) is 12.1 Å². The number of carbonyl (C=O) groups excluding carboxylic acids is 1. The van der Waals surface area contributed by atoms with E-state index in [1.807, 2.05) is 6.07 Å². The molecule has 2 bridgehead atoms. The quantitative estimate of drug-likeness (QED) is 0.865. The Hall–Kier alpha value is -3.09. The van der Waals surface area contributed by atoms with Gasteiger partial charge in [0, 0.05) is 37.3 Å². The van der Waals surface area contributed by atoms with Crippen LogP contribution in [0.1, 0.15) is 29.6 Å². The molecule has 2 aliphatic heterocycles. The van der Waals surface area contributed by atoms with Gasteiger partial charge in [-0.1, -0.05) is 36.4 Å². The van der Waals surface area contributed by atoms with Gasteiger partial charge in [-0.15, -0.1) is 0 Å². The summed E-state index contributed by atoms with van der Waals surface area (Å²) in [4.78, 5) is 38.2. The van der Waals surface area contributed by atoms with Crippen LogP contribution in [0.3, 0.4) is 0 Å². The van der Waals surface area contributed by atoms with E-state index in [0.29, 0.717) is 25.2 Å². The predicted octanol–water partition coefficient (Wildman–Crippen LogP) is 1.80. The molecule has 2 N–H and O–H groups in total. The first-order valence-corrected chi connectivity index (χ1v) is 9.06. The zero-order chi connectivity index (χ0) is 19.0. The predicted molar refractivity (Wildman–Crippen MR) is 98.5 cm³/mol. The standard InChI is InChI=1S/C20H21N3O4/c24-17-8-4-7-16-15-9-13(11-23(16)17)10-22(12-15)20(27)21-18(19(25)26)14-5-2-1-3-6-14/h1-8,13,15,18H,9-12H2,(H,21,27)(H,25,26)/t13?,15?,18-/m1/s1. The van der Waals surface area contributed by atoms with Crippen molar-refractivity contribution >= 4 is 12.0 Å². The number of pyridine rings is 1. The molecule has 1 fully saturated rings. The number of nitrogens with one attached hydrogen (secondary N) is 1. The second kappa shape index (κ2) is 6.90.